The molecule has 5 aliphatic rings. The van der Waals surface area contributed by atoms with E-state index in [2.05, 4.69) is 48.5 Å². The first-order valence-electron chi connectivity index (χ1n) is 27.9. The van der Waals surface area contributed by atoms with Crippen LogP contribution in [0.2, 0.25) is 0 Å². The Morgan fingerprint density at radius 2 is 0.303 bits per heavy atom. The number of methoxy groups -OCH3 is 2. The number of hydrogen-bond acceptors (Lipinski definition) is 2. The molecule has 76 heavy (non-hydrogen) atoms. The van der Waals surface area contributed by atoms with Crippen molar-refractivity contribution in [2.24, 2.45) is 0 Å². The summed E-state index contributed by atoms with van der Waals surface area (Å²) >= 11 is 0. The van der Waals surface area contributed by atoms with Crippen LogP contribution in [0, 0.1) is 0 Å². The summed E-state index contributed by atoms with van der Waals surface area (Å²) in [5, 5.41) is 84.1. The molecule has 29 aromatic carbocycles. The van der Waals surface area contributed by atoms with Gasteiger partial charge in [0.1, 0.15) is 11.5 Å². The maximum atomic E-state index is 6.13. The molecular formula is C74H14O2. The minimum Gasteiger partial charge on any atom is -0.497 e. The van der Waals surface area contributed by atoms with Crippen molar-refractivity contribution in [3.8, 4) is 11.5 Å². The molecule has 2 atom stereocenters. The van der Waals surface area contributed by atoms with Crippen molar-refractivity contribution >= 4 is 280 Å². The number of hydrogen-bond donors (Lipinski definition) is 0. The van der Waals surface area contributed by atoms with E-state index in [1.165, 1.54) is 11.1 Å². The molecule has 2 heteroatoms. The lowest BCUT2D eigenvalue weighted by atomic mass is 9.51. The van der Waals surface area contributed by atoms with Gasteiger partial charge in [0.25, 0.3) is 0 Å². The first-order valence-corrected chi connectivity index (χ1v) is 27.9. The van der Waals surface area contributed by atoms with Crippen molar-refractivity contribution in [2.45, 2.75) is 10.8 Å². The van der Waals surface area contributed by atoms with Gasteiger partial charge in [-0.25, -0.2) is 0 Å². The van der Waals surface area contributed by atoms with Crippen LogP contribution in [0.3, 0.4) is 0 Å². The Morgan fingerprint density at radius 3 is 0.487 bits per heavy atom. The fraction of sp³-hybridized carbons (Fsp3) is 0.0541. The summed E-state index contributed by atoms with van der Waals surface area (Å²) in [4.78, 5) is 0. The van der Waals surface area contributed by atoms with Crippen molar-refractivity contribution in [1.29, 1.82) is 0 Å². The quantitative estimate of drug-likeness (QED) is 0.164. The summed E-state index contributed by atoms with van der Waals surface area (Å²) in [7, 11) is 3.69. The van der Waals surface area contributed by atoms with Crippen LogP contribution in [0.25, 0.3) is 280 Å². The van der Waals surface area contributed by atoms with Crippen molar-refractivity contribution in [1.82, 2.24) is 0 Å². The summed E-state index contributed by atoms with van der Waals surface area (Å²) in [6.45, 7) is 0. The van der Waals surface area contributed by atoms with Crippen LogP contribution in [0.4, 0.5) is 0 Å². The highest BCUT2D eigenvalue weighted by Crippen LogP contribution is 2.85. The van der Waals surface area contributed by atoms with E-state index >= 15 is 0 Å². The van der Waals surface area contributed by atoms with Crippen LogP contribution >= 0.6 is 0 Å². The third kappa shape index (κ3) is 1.64. The predicted molar refractivity (Wildman–Crippen MR) is 316 cm³/mol. The second kappa shape index (κ2) is 6.92. The second-order valence-corrected chi connectivity index (χ2v) is 26.7. The number of ether oxygens (including phenoxy) is 2. The van der Waals surface area contributed by atoms with Crippen LogP contribution in [0.5, 0.6) is 11.5 Å². The zero-order valence-corrected chi connectivity index (χ0v) is 39.4. The van der Waals surface area contributed by atoms with E-state index in [0.717, 1.165) is 11.5 Å². The van der Waals surface area contributed by atoms with E-state index in [1.54, 1.807) is 313 Å². The van der Waals surface area contributed by atoms with Gasteiger partial charge >= 0.3 is 0 Å². The van der Waals surface area contributed by atoms with Crippen LogP contribution < -0.4 is 9.47 Å². The van der Waals surface area contributed by atoms with Crippen LogP contribution in [-0.4, -0.2) is 14.2 Å². The van der Waals surface area contributed by atoms with Gasteiger partial charge in [0, 0.05) is 0 Å². The third-order valence-corrected chi connectivity index (χ3v) is 26.3. The lowest BCUT2D eigenvalue weighted by Gasteiger charge is -2.49. The van der Waals surface area contributed by atoms with Crippen molar-refractivity contribution < 1.29 is 9.47 Å². The molecule has 0 bridgehead atoms. The smallest absolute Gasteiger partial charge is 0.118 e. The van der Waals surface area contributed by atoms with Gasteiger partial charge in [0.15, 0.2) is 0 Å². The Bertz CT molecular complexity index is 7390. The molecule has 0 N–H and O–H groups in total. The minimum absolute atomic E-state index is 0.551. The monoisotopic (exact) mass is 934 g/mol. The normalized spacial score (nSPS) is 20.9. The Kier molecular flexibility index (Phi) is 2.68. The second-order valence-electron chi connectivity index (χ2n) is 26.7. The molecule has 34 rings (SSSR count). The Labute approximate surface area is 416 Å². The molecule has 0 heterocycles. The molecule has 0 saturated heterocycles. The van der Waals surface area contributed by atoms with Crippen molar-refractivity contribution in [3.63, 3.8) is 0 Å². The topological polar surface area (TPSA) is 18.5 Å². The van der Waals surface area contributed by atoms with Gasteiger partial charge in [-0.1, -0.05) is 24.3 Å². The van der Waals surface area contributed by atoms with Crippen LogP contribution in [0.1, 0.15) is 44.5 Å². The highest BCUT2D eigenvalue weighted by Gasteiger charge is 2.67. The van der Waals surface area contributed by atoms with E-state index < -0.39 is 10.8 Å². The Balaban J connectivity index is 1.14. The van der Waals surface area contributed by atoms with Gasteiger partial charge in [-0.05, 0) is 349 Å². The molecule has 0 spiro atoms. The van der Waals surface area contributed by atoms with Gasteiger partial charge < -0.3 is 9.47 Å². The molecule has 0 aliphatic heterocycles. The van der Waals surface area contributed by atoms with Gasteiger partial charge in [0.05, 0.1) is 25.0 Å². The highest BCUT2D eigenvalue weighted by molar-refractivity contribution is 6.81. The van der Waals surface area contributed by atoms with Crippen LogP contribution in [-0.2, 0) is 10.8 Å². The lowest BCUT2D eigenvalue weighted by molar-refractivity contribution is 0.414. The number of rotatable bonds is 4. The molecular weight excluding hydrogens is 921 g/mol. The fourth-order valence-electron chi connectivity index (χ4n) is 25.8. The van der Waals surface area contributed by atoms with Gasteiger partial charge in [-0.3, -0.25) is 0 Å². The van der Waals surface area contributed by atoms with Gasteiger partial charge in [-0.2, -0.15) is 0 Å². The molecule has 5 aliphatic carbocycles. The van der Waals surface area contributed by atoms with Crippen molar-refractivity contribution in [2.75, 3.05) is 14.2 Å². The average molecular weight is 935 g/mol. The maximum Gasteiger partial charge on any atom is 0.118 e. The van der Waals surface area contributed by atoms with E-state index in [1.807, 2.05) is 14.2 Å². The molecule has 0 radical (unpaired) electrons. The SMILES string of the molecule is COc1ccc(C23c4c5c6c7c8c9c%10c%11c(c2c2c%12c3c3c%13c4c6c4c6c%13c%13c3c3c%12c%12c%14c2c%11c2c%11c%10c%10c8c8c7c4c4c6c6c%13c7c3c%12c3c(c%142)c2c%11c%10c%10c8c4c4c%10c2c3c7c64)C59c2ccc(OC)cc2)cc1. The molecule has 0 saturated carbocycles. The van der Waals surface area contributed by atoms with Crippen molar-refractivity contribution in [3.05, 3.63) is 93.0 Å². The molecule has 29 aromatic rings. The summed E-state index contributed by atoms with van der Waals surface area (Å²) in [5.41, 5.74) is 11.5. The first kappa shape index (κ1) is 29.4. The summed E-state index contributed by atoms with van der Waals surface area (Å²) in [6, 6.07) is 19.4. The molecule has 0 aromatic heterocycles. The maximum absolute atomic E-state index is 6.13. The van der Waals surface area contributed by atoms with Gasteiger partial charge in [-0.15, -0.1) is 0 Å². The predicted octanol–water partition coefficient (Wildman–Crippen LogP) is 19.1. The van der Waals surface area contributed by atoms with E-state index in [-0.39, 0.29) is 0 Å². The lowest BCUT2D eigenvalue weighted by Crippen LogP contribution is -2.43. The van der Waals surface area contributed by atoms with E-state index in [4.69, 9.17) is 9.47 Å². The van der Waals surface area contributed by atoms with E-state index in [9.17, 15) is 0 Å². The average Bonchev–Trinajstić information content (AvgIpc) is 1.92. The zero-order chi connectivity index (χ0) is 45.9. The third-order valence-electron chi connectivity index (χ3n) is 26.3. The zero-order valence-electron chi connectivity index (χ0n) is 39.4. The molecule has 0 fully saturated rings. The van der Waals surface area contributed by atoms with Gasteiger partial charge in [0.2, 0.25) is 0 Å². The highest BCUT2D eigenvalue weighted by atomic mass is 16.5. The van der Waals surface area contributed by atoms with Crippen LogP contribution in [0.15, 0.2) is 48.5 Å². The van der Waals surface area contributed by atoms with E-state index in [0.29, 0.717) is 0 Å². The minimum atomic E-state index is -0.551. The Morgan fingerprint density at radius 1 is 0.171 bits per heavy atom. The largest absolute Gasteiger partial charge is 0.497 e. The first-order chi connectivity index (χ1) is 37.8. The molecule has 322 valence electrons. The standard InChI is InChI=1S/C74H14O2/c1-75-13-7-3-11(4-8-13)73-67-59-50-43-30-23-17-18-20-16-15-19(17)28(30)34-32-21(15)25-22(16)33-35-29(20)31-24(18)27-26(23)37-45-38(27)47-44(31)51-49(35)53-40(33)42-36(25)41-39(32)52(48(34)50)63(67)65-54(41)55(42)66-64(53)68-60(51)57(47)62-58(45)61(56(59)46(37)43)69(73)70(62)74(68,72(66)71(65)73)12-5-9-14(76-2)10-6-12/h3-10H,1-2H3. The summed E-state index contributed by atoms with van der Waals surface area (Å²) < 4.78 is 12.3. The number of benzene rings is 19. The Hall–Kier alpha value is -9.50. The summed E-state index contributed by atoms with van der Waals surface area (Å²) in [5.74, 6) is 1.86. The summed E-state index contributed by atoms with van der Waals surface area (Å²) in [6.07, 6.45) is 0. The fourth-order valence-corrected chi connectivity index (χ4v) is 25.8. The molecule has 2 unspecified atom stereocenters. The molecule has 2 nitrogen and oxygen atoms in total. The molecule has 0 amide bonds.